The third-order valence-electron chi connectivity index (χ3n) is 3.08. The highest BCUT2D eigenvalue weighted by Crippen LogP contribution is 2.24. The molecular formula is C13H23NO3. The van der Waals surface area contributed by atoms with Crippen molar-refractivity contribution in [3.63, 3.8) is 0 Å². The molecule has 1 aliphatic rings. The number of hydrogen-bond donors (Lipinski definition) is 0. The largest absolute Gasteiger partial charge is 0.444 e. The highest BCUT2D eigenvalue weighted by Gasteiger charge is 2.33. The topological polar surface area (TPSA) is 46.6 Å². The molecule has 0 spiro atoms. The normalized spacial score (nSPS) is 25.6. The van der Waals surface area contributed by atoms with Gasteiger partial charge in [-0.1, -0.05) is 0 Å². The van der Waals surface area contributed by atoms with Crippen LogP contribution in [-0.2, 0) is 9.53 Å². The molecule has 98 valence electrons. The van der Waals surface area contributed by atoms with Crippen molar-refractivity contribution in [3.05, 3.63) is 0 Å². The molecule has 17 heavy (non-hydrogen) atoms. The van der Waals surface area contributed by atoms with Crippen LogP contribution in [-0.4, -0.2) is 35.0 Å². The van der Waals surface area contributed by atoms with Gasteiger partial charge in [-0.15, -0.1) is 0 Å². The average molecular weight is 241 g/mol. The van der Waals surface area contributed by atoms with Gasteiger partial charge < -0.3 is 9.64 Å². The van der Waals surface area contributed by atoms with Crippen molar-refractivity contribution in [2.24, 2.45) is 5.92 Å². The number of carbonyl (C=O) groups excluding carboxylic acids is 2. The third kappa shape index (κ3) is 4.02. The quantitative estimate of drug-likeness (QED) is 0.709. The van der Waals surface area contributed by atoms with Crippen molar-refractivity contribution < 1.29 is 14.3 Å². The van der Waals surface area contributed by atoms with Gasteiger partial charge in [-0.2, -0.15) is 0 Å². The minimum absolute atomic E-state index is 0.0290. The molecule has 1 aliphatic heterocycles. The highest BCUT2D eigenvalue weighted by atomic mass is 16.6. The standard InChI is InChI=1S/C13H23NO3/c1-9-6-7-11(10(2)15)8-14(9)12(16)17-13(3,4)5/h9,11H,6-8H2,1-5H3. The van der Waals surface area contributed by atoms with Crippen LogP contribution < -0.4 is 0 Å². The second-order valence-corrected chi connectivity index (χ2v) is 5.87. The zero-order valence-corrected chi connectivity index (χ0v) is 11.4. The molecule has 1 amide bonds. The molecule has 1 heterocycles. The number of amides is 1. The molecule has 0 aromatic rings. The van der Waals surface area contributed by atoms with Gasteiger partial charge >= 0.3 is 6.09 Å². The van der Waals surface area contributed by atoms with Gasteiger partial charge in [-0.25, -0.2) is 4.79 Å². The summed E-state index contributed by atoms with van der Waals surface area (Å²) in [5.41, 5.74) is -0.486. The Morgan fingerprint density at radius 1 is 1.24 bits per heavy atom. The summed E-state index contributed by atoms with van der Waals surface area (Å²) in [7, 11) is 0. The van der Waals surface area contributed by atoms with Crippen LogP contribution in [0.25, 0.3) is 0 Å². The summed E-state index contributed by atoms with van der Waals surface area (Å²) >= 11 is 0. The number of piperidine rings is 1. The maximum Gasteiger partial charge on any atom is 0.410 e. The third-order valence-corrected chi connectivity index (χ3v) is 3.08. The molecule has 2 unspecified atom stereocenters. The SMILES string of the molecule is CC(=O)C1CCC(C)N(C(=O)OC(C)(C)C)C1. The van der Waals surface area contributed by atoms with Crippen molar-refractivity contribution in [1.29, 1.82) is 0 Å². The van der Waals surface area contributed by atoms with Crippen LogP contribution in [0.5, 0.6) is 0 Å². The van der Waals surface area contributed by atoms with E-state index in [0.717, 1.165) is 12.8 Å². The predicted molar refractivity (Wildman–Crippen MR) is 65.8 cm³/mol. The van der Waals surface area contributed by atoms with Gasteiger partial charge in [0.25, 0.3) is 0 Å². The zero-order valence-electron chi connectivity index (χ0n) is 11.4. The van der Waals surface area contributed by atoms with Gasteiger partial charge in [0.1, 0.15) is 11.4 Å². The first-order valence-electron chi connectivity index (χ1n) is 6.21. The first kappa shape index (κ1) is 14.0. The van der Waals surface area contributed by atoms with Crippen LogP contribution in [0.2, 0.25) is 0 Å². The van der Waals surface area contributed by atoms with Crippen molar-refractivity contribution in [1.82, 2.24) is 4.90 Å². The molecule has 0 bridgehead atoms. The minimum Gasteiger partial charge on any atom is -0.444 e. The number of carbonyl (C=O) groups is 2. The van der Waals surface area contributed by atoms with E-state index in [2.05, 4.69) is 0 Å². The first-order valence-corrected chi connectivity index (χ1v) is 6.21. The summed E-state index contributed by atoms with van der Waals surface area (Å²) in [4.78, 5) is 25.0. The lowest BCUT2D eigenvalue weighted by molar-refractivity contribution is -0.122. The van der Waals surface area contributed by atoms with Crippen LogP contribution in [0.3, 0.4) is 0 Å². The van der Waals surface area contributed by atoms with E-state index in [1.54, 1.807) is 11.8 Å². The number of nitrogens with zero attached hydrogens (tertiary/aromatic N) is 1. The molecule has 4 heteroatoms. The number of hydrogen-bond acceptors (Lipinski definition) is 3. The molecule has 0 aromatic carbocycles. The fourth-order valence-corrected chi connectivity index (χ4v) is 2.01. The molecular weight excluding hydrogens is 218 g/mol. The smallest absolute Gasteiger partial charge is 0.410 e. The van der Waals surface area contributed by atoms with E-state index in [9.17, 15) is 9.59 Å². The molecule has 1 rings (SSSR count). The molecule has 1 fully saturated rings. The summed E-state index contributed by atoms with van der Waals surface area (Å²) in [6.45, 7) is 9.63. The molecule has 0 aliphatic carbocycles. The van der Waals surface area contributed by atoms with E-state index in [1.807, 2.05) is 27.7 Å². The van der Waals surface area contributed by atoms with E-state index >= 15 is 0 Å². The summed E-state index contributed by atoms with van der Waals surface area (Å²) in [5, 5.41) is 0. The Bertz CT molecular complexity index is 306. The van der Waals surface area contributed by atoms with Gasteiger partial charge in [-0.05, 0) is 47.5 Å². The molecule has 0 N–H and O–H groups in total. The Hall–Kier alpha value is -1.06. The summed E-state index contributed by atoms with van der Waals surface area (Å²) < 4.78 is 5.35. The van der Waals surface area contributed by atoms with Gasteiger partial charge in [0.05, 0.1) is 0 Å². The van der Waals surface area contributed by atoms with E-state index in [-0.39, 0.29) is 23.8 Å². The summed E-state index contributed by atoms with van der Waals surface area (Å²) in [5.74, 6) is 0.129. The summed E-state index contributed by atoms with van der Waals surface area (Å²) in [6.07, 6.45) is 1.43. The molecule has 4 nitrogen and oxygen atoms in total. The van der Waals surface area contributed by atoms with Crippen molar-refractivity contribution in [3.8, 4) is 0 Å². The number of Topliss-reactive ketones (excluding diaryl/α,β-unsaturated/α-hetero) is 1. The molecule has 2 atom stereocenters. The van der Waals surface area contributed by atoms with Crippen LogP contribution in [0.1, 0.15) is 47.5 Å². The Kier molecular flexibility index (Phi) is 4.17. The second kappa shape index (κ2) is 5.07. The zero-order chi connectivity index (χ0) is 13.2. The van der Waals surface area contributed by atoms with Crippen molar-refractivity contribution in [2.45, 2.75) is 59.1 Å². The van der Waals surface area contributed by atoms with Crippen LogP contribution in [0.4, 0.5) is 4.79 Å². The van der Waals surface area contributed by atoms with Gasteiger partial charge in [0, 0.05) is 18.5 Å². The maximum atomic E-state index is 12.0. The lowest BCUT2D eigenvalue weighted by atomic mass is 9.91. The Morgan fingerprint density at radius 3 is 2.29 bits per heavy atom. The molecule has 1 saturated heterocycles. The number of rotatable bonds is 1. The number of likely N-dealkylation sites (tertiary alicyclic amines) is 1. The lowest BCUT2D eigenvalue weighted by Crippen LogP contribution is -2.48. The van der Waals surface area contributed by atoms with E-state index in [0.29, 0.717) is 6.54 Å². The Balaban J connectivity index is 2.67. The van der Waals surface area contributed by atoms with Crippen LogP contribution in [0, 0.1) is 5.92 Å². The van der Waals surface area contributed by atoms with Gasteiger partial charge in [-0.3, -0.25) is 4.79 Å². The fraction of sp³-hybridized carbons (Fsp3) is 0.846. The Labute approximate surface area is 103 Å². The van der Waals surface area contributed by atoms with Crippen molar-refractivity contribution in [2.75, 3.05) is 6.54 Å². The van der Waals surface area contributed by atoms with E-state index < -0.39 is 5.60 Å². The van der Waals surface area contributed by atoms with Gasteiger partial charge in [0.2, 0.25) is 0 Å². The molecule has 0 aromatic heterocycles. The summed E-state index contributed by atoms with van der Waals surface area (Å²) in [6, 6.07) is 0.153. The first-order chi connectivity index (χ1) is 7.70. The van der Waals surface area contributed by atoms with Gasteiger partial charge in [0.15, 0.2) is 0 Å². The van der Waals surface area contributed by atoms with Crippen LogP contribution >= 0.6 is 0 Å². The average Bonchev–Trinajstić information content (AvgIpc) is 2.14. The van der Waals surface area contributed by atoms with E-state index in [1.165, 1.54) is 0 Å². The van der Waals surface area contributed by atoms with E-state index in [4.69, 9.17) is 4.74 Å². The Morgan fingerprint density at radius 2 is 1.82 bits per heavy atom. The lowest BCUT2D eigenvalue weighted by Gasteiger charge is -2.37. The van der Waals surface area contributed by atoms with Crippen LogP contribution in [0.15, 0.2) is 0 Å². The minimum atomic E-state index is -0.486. The van der Waals surface area contributed by atoms with Crippen molar-refractivity contribution >= 4 is 11.9 Å². The second-order valence-electron chi connectivity index (χ2n) is 5.87. The monoisotopic (exact) mass is 241 g/mol. The highest BCUT2D eigenvalue weighted by molar-refractivity contribution is 5.79. The number of ketones is 1. The number of ether oxygens (including phenoxy) is 1. The fourth-order valence-electron chi connectivity index (χ4n) is 2.01. The molecule has 0 radical (unpaired) electrons. The maximum absolute atomic E-state index is 12.0. The molecule has 0 saturated carbocycles. The predicted octanol–water partition coefficient (Wildman–Crippen LogP) is 2.61.